The summed E-state index contributed by atoms with van der Waals surface area (Å²) in [6.07, 6.45) is 0.526. The number of hydrogen-bond donors (Lipinski definition) is 1. The number of cyclic esters (lactones) is 2. The molecule has 2 aliphatic heterocycles. The Balaban J connectivity index is 1.53. The van der Waals surface area contributed by atoms with Gasteiger partial charge < -0.3 is 24.0 Å². The minimum Gasteiger partial charge on any atom is -0.422 e. The number of aryl methyl sites for hydroxylation is 1. The van der Waals surface area contributed by atoms with E-state index < -0.39 is 47.6 Å². The summed E-state index contributed by atoms with van der Waals surface area (Å²) >= 11 is 0. The average molecular weight is 484 g/mol. The van der Waals surface area contributed by atoms with Gasteiger partial charge in [0.15, 0.2) is 5.57 Å². The van der Waals surface area contributed by atoms with Gasteiger partial charge >= 0.3 is 23.5 Å². The third-order valence-electron chi connectivity index (χ3n) is 5.31. The Bertz CT molecular complexity index is 1350. The Kier molecular flexibility index (Phi) is 5.89. The molecule has 1 aromatic heterocycles. The Morgan fingerprint density at radius 1 is 1.09 bits per heavy atom. The number of anilines is 1. The number of amides is 2. The van der Waals surface area contributed by atoms with Crippen LogP contribution < -0.4 is 10.9 Å². The minimum absolute atomic E-state index is 0.0136. The van der Waals surface area contributed by atoms with Crippen LogP contribution in [0, 0.1) is 6.92 Å². The van der Waals surface area contributed by atoms with Crippen LogP contribution >= 0.6 is 0 Å². The molecule has 2 amide bonds. The van der Waals surface area contributed by atoms with E-state index in [2.05, 4.69) is 5.32 Å². The summed E-state index contributed by atoms with van der Waals surface area (Å²) < 4.78 is 15.4. The quantitative estimate of drug-likeness (QED) is 0.215. The molecule has 35 heavy (non-hydrogen) atoms. The lowest BCUT2D eigenvalue weighted by Crippen LogP contribution is -2.42. The molecule has 1 aromatic carbocycles. The van der Waals surface area contributed by atoms with E-state index in [1.54, 1.807) is 19.1 Å². The standard InChI is InChI=1S/C23H20N2O10/c1-11-13-5-4-12(24-10-15-21(30)33-23(2,3)34-22(15)31)8-16(13)32-20(29)14(11)9-19(28)35-25-17(26)6-7-18(25)27/h4-5,8,10,24H,6-7,9H2,1-3H3. The van der Waals surface area contributed by atoms with Gasteiger partial charge in [-0.1, -0.05) is 0 Å². The first-order chi connectivity index (χ1) is 16.4. The van der Waals surface area contributed by atoms with Crippen LogP contribution in [0.5, 0.6) is 0 Å². The fraction of sp³-hybridized carbons (Fsp3) is 0.304. The molecule has 0 bridgehead atoms. The van der Waals surface area contributed by atoms with Crippen LogP contribution in [-0.4, -0.2) is 40.6 Å². The number of nitrogens with one attached hydrogen (secondary N) is 1. The molecule has 12 nitrogen and oxygen atoms in total. The molecule has 182 valence electrons. The zero-order valence-electron chi connectivity index (χ0n) is 19.0. The molecule has 0 atom stereocenters. The maximum atomic E-state index is 12.5. The number of rotatable bonds is 5. The van der Waals surface area contributed by atoms with Crippen molar-refractivity contribution < 1.29 is 42.7 Å². The molecule has 0 spiro atoms. The normalized spacial score (nSPS) is 17.3. The molecular weight excluding hydrogens is 464 g/mol. The van der Waals surface area contributed by atoms with E-state index in [4.69, 9.17) is 18.7 Å². The van der Waals surface area contributed by atoms with Gasteiger partial charge in [0.2, 0.25) is 0 Å². The molecule has 4 rings (SSSR count). The number of fused-ring (bicyclic) bond motifs is 1. The number of benzene rings is 1. The van der Waals surface area contributed by atoms with Gasteiger partial charge in [-0.2, -0.15) is 0 Å². The predicted octanol–water partition coefficient (Wildman–Crippen LogP) is 1.38. The first-order valence-corrected chi connectivity index (χ1v) is 10.5. The van der Waals surface area contributed by atoms with Gasteiger partial charge in [0.05, 0.1) is 12.0 Å². The summed E-state index contributed by atoms with van der Waals surface area (Å²) in [5.41, 5.74) is -0.128. The Labute approximate surface area is 197 Å². The molecule has 12 heteroatoms. The molecular formula is C23H20N2O10. The van der Waals surface area contributed by atoms with Crippen LogP contribution in [0.3, 0.4) is 0 Å². The third kappa shape index (κ3) is 4.76. The highest BCUT2D eigenvalue weighted by Crippen LogP contribution is 2.25. The highest BCUT2D eigenvalue weighted by Gasteiger charge is 2.39. The summed E-state index contributed by atoms with van der Waals surface area (Å²) in [7, 11) is 0. The van der Waals surface area contributed by atoms with Gasteiger partial charge in [-0.15, -0.1) is 5.06 Å². The maximum absolute atomic E-state index is 12.5. The smallest absolute Gasteiger partial charge is 0.350 e. The van der Waals surface area contributed by atoms with Crippen LogP contribution in [0.15, 0.2) is 39.2 Å². The van der Waals surface area contributed by atoms with Crippen LogP contribution in [-0.2, 0) is 44.7 Å². The van der Waals surface area contributed by atoms with Gasteiger partial charge in [0.25, 0.3) is 17.6 Å². The summed E-state index contributed by atoms with van der Waals surface area (Å²) in [6.45, 7) is 4.47. The van der Waals surface area contributed by atoms with Gasteiger partial charge in [0.1, 0.15) is 5.58 Å². The largest absolute Gasteiger partial charge is 0.422 e. The minimum atomic E-state index is -1.36. The lowest BCUT2D eigenvalue weighted by molar-refractivity contribution is -0.222. The summed E-state index contributed by atoms with van der Waals surface area (Å²) in [4.78, 5) is 76.9. The van der Waals surface area contributed by atoms with Crippen molar-refractivity contribution in [2.45, 2.75) is 45.8 Å². The molecule has 2 aromatic rings. The van der Waals surface area contributed by atoms with Gasteiger partial charge in [0, 0.05) is 50.0 Å². The van der Waals surface area contributed by atoms with Gasteiger partial charge in [-0.25, -0.2) is 19.2 Å². The Morgan fingerprint density at radius 2 is 1.71 bits per heavy atom. The van der Waals surface area contributed by atoms with Crippen LogP contribution in [0.25, 0.3) is 11.0 Å². The predicted molar refractivity (Wildman–Crippen MR) is 116 cm³/mol. The Morgan fingerprint density at radius 3 is 2.34 bits per heavy atom. The summed E-state index contributed by atoms with van der Waals surface area (Å²) in [5, 5.41) is 3.68. The second-order valence-electron chi connectivity index (χ2n) is 8.31. The van der Waals surface area contributed by atoms with E-state index in [-0.39, 0.29) is 29.6 Å². The molecule has 2 aliphatic rings. The summed E-state index contributed by atoms with van der Waals surface area (Å²) in [5.74, 6) is -5.27. The van der Waals surface area contributed by atoms with E-state index in [1.807, 2.05) is 0 Å². The van der Waals surface area contributed by atoms with E-state index in [0.29, 0.717) is 21.7 Å². The monoisotopic (exact) mass is 484 g/mol. The molecule has 0 unspecified atom stereocenters. The molecule has 1 N–H and O–H groups in total. The maximum Gasteiger partial charge on any atom is 0.350 e. The topological polar surface area (TPSA) is 159 Å². The summed E-state index contributed by atoms with van der Waals surface area (Å²) in [6, 6.07) is 4.67. The van der Waals surface area contributed by atoms with Crippen LogP contribution in [0.2, 0.25) is 0 Å². The number of carbonyl (C=O) groups excluding carboxylic acids is 5. The number of nitrogens with zero attached hydrogens (tertiary/aromatic N) is 1. The van der Waals surface area contributed by atoms with Crippen molar-refractivity contribution in [3.63, 3.8) is 0 Å². The highest BCUT2D eigenvalue weighted by atomic mass is 16.7. The molecule has 2 fully saturated rings. The lowest BCUT2D eigenvalue weighted by atomic mass is 10.0. The van der Waals surface area contributed by atoms with Crippen molar-refractivity contribution >= 4 is 46.4 Å². The Hall–Kier alpha value is -4.48. The van der Waals surface area contributed by atoms with E-state index in [0.717, 1.165) is 6.20 Å². The zero-order chi connectivity index (χ0) is 25.5. The van der Waals surface area contributed by atoms with Crippen molar-refractivity contribution in [3.05, 3.63) is 51.5 Å². The molecule has 0 saturated carbocycles. The number of esters is 2. The van der Waals surface area contributed by atoms with Crippen LogP contribution in [0.1, 0.15) is 37.8 Å². The molecule has 2 saturated heterocycles. The van der Waals surface area contributed by atoms with Gasteiger partial charge in [-0.05, 0) is 24.6 Å². The fourth-order valence-corrected chi connectivity index (χ4v) is 3.56. The SMILES string of the molecule is Cc1c(CC(=O)ON2C(=O)CCC2=O)c(=O)oc2cc(NC=C3C(=O)OC(C)(C)OC3=O)ccc12. The first-order valence-electron chi connectivity index (χ1n) is 10.5. The second kappa shape index (κ2) is 8.70. The van der Waals surface area contributed by atoms with Crippen molar-refractivity contribution in [1.82, 2.24) is 5.06 Å². The number of ether oxygens (including phenoxy) is 2. The molecule has 3 heterocycles. The lowest BCUT2D eigenvalue weighted by Gasteiger charge is -2.29. The van der Waals surface area contributed by atoms with Gasteiger partial charge in [-0.3, -0.25) is 9.59 Å². The van der Waals surface area contributed by atoms with E-state index >= 15 is 0 Å². The van der Waals surface area contributed by atoms with E-state index in [9.17, 15) is 28.8 Å². The number of hydroxylamine groups is 2. The van der Waals surface area contributed by atoms with E-state index in [1.165, 1.54) is 19.9 Å². The van der Waals surface area contributed by atoms with Crippen molar-refractivity contribution in [2.75, 3.05) is 5.32 Å². The zero-order valence-corrected chi connectivity index (χ0v) is 19.0. The van der Waals surface area contributed by atoms with Crippen molar-refractivity contribution in [3.8, 4) is 0 Å². The number of imide groups is 1. The molecule has 0 aliphatic carbocycles. The van der Waals surface area contributed by atoms with Crippen molar-refractivity contribution in [2.24, 2.45) is 0 Å². The second-order valence-corrected chi connectivity index (χ2v) is 8.31. The van der Waals surface area contributed by atoms with Crippen molar-refractivity contribution in [1.29, 1.82) is 0 Å². The first kappa shape index (κ1) is 23.7. The third-order valence-corrected chi connectivity index (χ3v) is 5.31. The fourth-order valence-electron chi connectivity index (χ4n) is 3.56. The highest BCUT2D eigenvalue weighted by molar-refractivity contribution is 6.15. The number of hydrogen-bond acceptors (Lipinski definition) is 11. The molecule has 0 radical (unpaired) electrons. The number of carbonyl (C=O) groups is 5. The van der Waals surface area contributed by atoms with Crippen LogP contribution in [0.4, 0.5) is 5.69 Å². The average Bonchev–Trinajstić information content (AvgIpc) is 3.07.